The Morgan fingerprint density at radius 2 is 2.60 bits per heavy atom. The van der Waals surface area contributed by atoms with Gasteiger partial charge in [-0.2, -0.15) is 0 Å². The molecule has 54 valence electrons. The van der Waals surface area contributed by atoms with Crippen molar-refractivity contribution < 1.29 is 0 Å². The van der Waals surface area contributed by atoms with Gasteiger partial charge in [0.15, 0.2) is 0 Å². The first-order valence-corrected chi connectivity index (χ1v) is 3.52. The minimum absolute atomic E-state index is 0.605. The minimum Gasteiger partial charge on any atom is -0.312 e. The van der Waals surface area contributed by atoms with Crippen molar-refractivity contribution in [1.82, 2.24) is 4.90 Å². The fourth-order valence-corrected chi connectivity index (χ4v) is 1.06. The van der Waals surface area contributed by atoms with Gasteiger partial charge in [0.05, 0.1) is 0 Å². The molecule has 0 aromatic rings. The van der Waals surface area contributed by atoms with Crippen LogP contribution in [0.4, 0.5) is 0 Å². The van der Waals surface area contributed by atoms with Crippen LogP contribution in [0.25, 0.3) is 4.85 Å². The van der Waals surface area contributed by atoms with Gasteiger partial charge in [-0.25, -0.2) is 6.57 Å². The lowest BCUT2D eigenvalue weighted by atomic mass is 10.1. The molecular formula is C8H12N2. The van der Waals surface area contributed by atoms with Crippen LogP contribution < -0.4 is 0 Å². The molecule has 0 N–H and O–H groups in total. The van der Waals surface area contributed by atoms with Crippen molar-refractivity contribution in [1.29, 1.82) is 0 Å². The van der Waals surface area contributed by atoms with Crippen molar-refractivity contribution in [2.45, 2.75) is 6.42 Å². The highest BCUT2D eigenvalue weighted by atomic mass is 15.1. The van der Waals surface area contributed by atoms with Gasteiger partial charge in [-0.1, -0.05) is 6.08 Å². The molecule has 0 aromatic heterocycles. The second kappa shape index (κ2) is 3.38. The minimum atomic E-state index is 0.605. The summed E-state index contributed by atoms with van der Waals surface area (Å²) in [5.74, 6) is 0. The second-order valence-corrected chi connectivity index (χ2v) is 2.69. The smallest absolute Gasteiger partial charge is 0.235 e. The second-order valence-electron chi connectivity index (χ2n) is 2.69. The average Bonchev–Trinajstić information content (AvgIpc) is 1.95. The Balaban J connectivity index is 2.42. The third kappa shape index (κ3) is 1.85. The maximum absolute atomic E-state index is 6.66. The van der Waals surface area contributed by atoms with Crippen molar-refractivity contribution >= 4 is 0 Å². The molecule has 0 saturated heterocycles. The first-order valence-electron chi connectivity index (χ1n) is 3.52. The molecule has 0 spiro atoms. The molecule has 0 atom stereocenters. The third-order valence-corrected chi connectivity index (χ3v) is 1.79. The Morgan fingerprint density at radius 1 is 1.80 bits per heavy atom. The number of hydrogen-bond donors (Lipinski definition) is 0. The monoisotopic (exact) mass is 136 g/mol. The summed E-state index contributed by atoms with van der Waals surface area (Å²) in [7, 11) is 2.10. The third-order valence-electron chi connectivity index (χ3n) is 1.79. The zero-order valence-electron chi connectivity index (χ0n) is 6.30. The molecule has 1 rings (SSSR count). The van der Waals surface area contributed by atoms with Gasteiger partial charge in [0.1, 0.15) is 0 Å². The molecule has 0 fully saturated rings. The van der Waals surface area contributed by atoms with E-state index in [1.165, 1.54) is 5.57 Å². The van der Waals surface area contributed by atoms with Crippen molar-refractivity contribution in [2.24, 2.45) is 0 Å². The molecule has 0 aliphatic carbocycles. The lowest BCUT2D eigenvalue weighted by molar-refractivity contribution is 0.359. The van der Waals surface area contributed by atoms with Crippen molar-refractivity contribution in [3.63, 3.8) is 0 Å². The molecule has 10 heavy (non-hydrogen) atoms. The van der Waals surface area contributed by atoms with E-state index in [9.17, 15) is 0 Å². The Labute approximate surface area is 62.0 Å². The highest BCUT2D eigenvalue weighted by molar-refractivity contribution is 5.11. The fourth-order valence-electron chi connectivity index (χ4n) is 1.06. The Hall–Kier alpha value is -0.810. The highest BCUT2D eigenvalue weighted by Gasteiger charge is 2.08. The van der Waals surface area contributed by atoms with Crippen LogP contribution in [0.1, 0.15) is 6.42 Å². The molecule has 0 unspecified atom stereocenters. The summed E-state index contributed by atoms with van der Waals surface area (Å²) in [5.41, 5.74) is 1.31. The van der Waals surface area contributed by atoms with Crippen molar-refractivity contribution in [3.8, 4) is 0 Å². The highest BCUT2D eigenvalue weighted by Crippen LogP contribution is 2.08. The van der Waals surface area contributed by atoms with Crippen molar-refractivity contribution in [2.75, 3.05) is 26.7 Å². The van der Waals surface area contributed by atoms with Crippen LogP contribution in [0.15, 0.2) is 11.6 Å². The molecule has 0 aromatic carbocycles. The van der Waals surface area contributed by atoms with E-state index in [1.54, 1.807) is 0 Å². The fraction of sp³-hybridized carbons (Fsp3) is 0.625. The summed E-state index contributed by atoms with van der Waals surface area (Å²) in [6.07, 6.45) is 3.25. The van der Waals surface area contributed by atoms with E-state index in [2.05, 4.69) is 22.9 Å². The average molecular weight is 136 g/mol. The number of likely N-dealkylation sites (N-methyl/N-ethyl adjacent to an activating group) is 1. The zero-order valence-corrected chi connectivity index (χ0v) is 6.30. The maximum Gasteiger partial charge on any atom is 0.235 e. The van der Waals surface area contributed by atoms with Crippen LogP contribution in [0.3, 0.4) is 0 Å². The summed E-state index contributed by atoms with van der Waals surface area (Å²) >= 11 is 0. The summed E-state index contributed by atoms with van der Waals surface area (Å²) in [4.78, 5) is 5.60. The SMILES string of the molecule is [C-]#[N+]CC1=CCN(C)CC1. The van der Waals surface area contributed by atoms with Gasteiger partial charge in [0, 0.05) is 18.7 Å². The van der Waals surface area contributed by atoms with Crippen LogP contribution in [0.5, 0.6) is 0 Å². The van der Waals surface area contributed by atoms with Gasteiger partial charge in [0.25, 0.3) is 0 Å². The van der Waals surface area contributed by atoms with Crippen LogP contribution in [-0.4, -0.2) is 31.6 Å². The molecule has 0 amide bonds. The Kier molecular flexibility index (Phi) is 2.47. The molecule has 0 bridgehead atoms. The maximum atomic E-state index is 6.66. The number of nitrogens with zero attached hydrogens (tertiary/aromatic N) is 2. The Morgan fingerprint density at radius 3 is 3.10 bits per heavy atom. The van der Waals surface area contributed by atoms with E-state index < -0.39 is 0 Å². The standard InChI is InChI=1S/C8H12N2/c1-9-7-8-3-5-10(2)6-4-8/h3H,4-7H2,2H3. The van der Waals surface area contributed by atoms with Gasteiger partial charge in [-0.15, -0.1) is 0 Å². The molecule has 0 saturated carbocycles. The van der Waals surface area contributed by atoms with Gasteiger partial charge in [-0.05, 0) is 13.5 Å². The lowest BCUT2D eigenvalue weighted by Crippen LogP contribution is -2.24. The van der Waals surface area contributed by atoms with E-state index in [0.29, 0.717) is 6.54 Å². The topological polar surface area (TPSA) is 7.60 Å². The zero-order chi connectivity index (χ0) is 7.40. The molecule has 1 heterocycles. The molecule has 2 heteroatoms. The predicted octanol–water partition coefficient (Wildman–Crippen LogP) is 1.17. The van der Waals surface area contributed by atoms with E-state index in [-0.39, 0.29) is 0 Å². The van der Waals surface area contributed by atoms with Gasteiger partial charge < -0.3 is 9.74 Å². The van der Waals surface area contributed by atoms with Gasteiger partial charge in [0.2, 0.25) is 6.54 Å². The Bertz CT molecular complexity index is 176. The molecule has 1 aliphatic heterocycles. The first kappa shape index (κ1) is 7.30. The molecular weight excluding hydrogens is 124 g/mol. The van der Waals surface area contributed by atoms with E-state index >= 15 is 0 Å². The number of rotatable bonds is 1. The lowest BCUT2D eigenvalue weighted by Gasteiger charge is -2.19. The van der Waals surface area contributed by atoms with Crippen LogP contribution in [0.2, 0.25) is 0 Å². The van der Waals surface area contributed by atoms with E-state index in [4.69, 9.17) is 6.57 Å². The largest absolute Gasteiger partial charge is 0.312 e. The quantitative estimate of drug-likeness (QED) is 0.388. The summed E-state index contributed by atoms with van der Waals surface area (Å²) in [6.45, 7) is 9.40. The van der Waals surface area contributed by atoms with E-state index in [0.717, 1.165) is 19.5 Å². The summed E-state index contributed by atoms with van der Waals surface area (Å²) in [5, 5.41) is 0. The molecule has 1 aliphatic rings. The van der Waals surface area contributed by atoms with Crippen LogP contribution in [0, 0.1) is 6.57 Å². The van der Waals surface area contributed by atoms with Gasteiger partial charge >= 0.3 is 0 Å². The molecule has 2 nitrogen and oxygen atoms in total. The molecule has 0 radical (unpaired) electrons. The number of hydrogen-bond acceptors (Lipinski definition) is 1. The van der Waals surface area contributed by atoms with Crippen molar-refractivity contribution in [3.05, 3.63) is 23.1 Å². The van der Waals surface area contributed by atoms with Crippen LogP contribution in [-0.2, 0) is 0 Å². The van der Waals surface area contributed by atoms with Gasteiger partial charge in [-0.3, -0.25) is 0 Å². The summed E-state index contributed by atoms with van der Waals surface area (Å²) < 4.78 is 0. The normalized spacial score (nSPS) is 19.8. The van der Waals surface area contributed by atoms with Crippen LogP contribution >= 0.6 is 0 Å². The van der Waals surface area contributed by atoms with E-state index in [1.807, 2.05) is 0 Å². The first-order chi connectivity index (χ1) is 4.83. The summed E-state index contributed by atoms with van der Waals surface area (Å²) in [6, 6.07) is 0. The predicted molar refractivity (Wildman–Crippen MR) is 41.7 cm³/mol.